The Bertz CT molecular complexity index is 397. The molecule has 2 aliphatic rings. The van der Waals surface area contributed by atoms with E-state index < -0.39 is 5.97 Å². The third-order valence-electron chi connectivity index (χ3n) is 4.94. The first-order valence-electron chi connectivity index (χ1n) is 8.13. The lowest BCUT2D eigenvalue weighted by Crippen LogP contribution is -2.57. The first kappa shape index (κ1) is 16.3. The fraction of sp³-hybridized carbons (Fsp3) is 0.875. The van der Waals surface area contributed by atoms with Crippen LogP contribution in [-0.4, -0.2) is 47.1 Å². The minimum absolute atomic E-state index is 0.0269. The molecule has 0 bridgehead atoms. The molecule has 120 valence electrons. The van der Waals surface area contributed by atoms with Crippen LogP contribution in [0.5, 0.6) is 0 Å². The summed E-state index contributed by atoms with van der Waals surface area (Å²) in [5.41, 5.74) is 0. The molecule has 0 aromatic rings. The van der Waals surface area contributed by atoms with E-state index >= 15 is 0 Å². The van der Waals surface area contributed by atoms with E-state index in [9.17, 15) is 9.59 Å². The molecule has 1 aliphatic heterocycles. The summed E-state index contributed by atoms with van der Waals surface area (Å²) in [6.07, 6.45) is 3.44. The zero-order chi connectivity index (χ0) is 15.6. The smallest absolute Gasteiger partial charge is 0.303 e. The van der Waals surface area contributed by atoms with Crippen LogP contribution in [0.4, 0.5) is 0 Å². The fourth-order valence-electron chi connectivity index (χ4n) is 3.57. The van der Waals surface area contributed by atoms with Crippen LogP contribution in [-0.2, 0) is 9.59 Å². The van der Waals surface area contributed by atoms with Crippen molar-refractivity contribution < 1.29 is 14.7 Å². The van der Waals surface area contributed by atoms with Crippen LogP contribution in [0.25, 0.3) is 0 Å². The number of nitrogens with one attached hydrogen (secondary N) is 1. The molecule has 1 amide bonds. The number of carboxylic acids is 1. The maximum Gasteiger partial charge on any atom is 0.303 e. The normalized spacial score (nSPS) is 33.5. The van der Waals surface area contributed by atoms with E-state index in [1.807, 2.05) is 13.8 Å². The maximum atomic E-state index is 11.9. The lowest BCUT2D eigenvalue weighted by atomic mass is 9.78. The van der Waals surface area contributed by atoms with Crippen LogP contribution in [0, 0.1) is 17.8 Å². The molecule has 4 unspecified atom stereocenters. The molecule has 0 aromatic heterocycles. The number of piperidine rings is 1. The van der Waals surface area contributed by atoms with Gasteiger partial charge in [0.2, 0.25) is 5.91 Å². The van der Waals surface area contributed by atoms with Crippen LogP contribution >= 0.6 is 0 Å². The van der Waals surface area contributed by atoms with Gasteiger partial charge in [0.25, 0.3) is 0 Å². The quantitative estimate of drug-likeness (QED) is 0.810. The molecule has 1 heterocycles. The van der Waals surface area contributed by atoms with Crippen LogP contribution in [0.15, 0.2) is 0 Å². The third-order valence-corrected chi connectivity index (χ3v) is 4.94. The highest BCUT2D eigenvalue weighted by atomic mass is 16.4. The molecule has 1 saturated carbocycles. The van der Waals surface area contributed by atoms with E-state index in [0.29, 0.717) is 12.0 Å². The van der Waals surface area contributed by atoms with E-state index in [0.717, 1.165) is 19.5 Å². The number of carboxylic acid groups (broad SMARTS) is 1. The number of hydrogen-bond acceptors (Lipinski definition) is 3. The summed E-state index contributed by atoms with van der Waals surface area (Å²) in [7, 11) is 0. The second-order valence-electron chi connectivity index (χ2n) is 7.14. The summed E-state index contributed by atoms with van der Waals surface area (Å²) < 4.78 is 0. The van der Waals surface area contributed by atoms with Crippen molar-refractivity contribution in [3.05, 3.63) is 0 Å². The van der Waals surface area contributed by atoms with Gasteiger partial charge >= 0.3 is 5.97 Å². The largest absolute Gasteiger partial charge is 0.481 e. The summed E-state index contributed by atoms with van der Waals surface area (Å²) in [6.45, 7) is 7.76. The van der Waals surface area contributed by atoms with Crippen molar-refractivity contribution in [2.75, 3.05) is 13.1 Å². The minimum atomic E-state index is -0.738. The SMILES string of the molecule is CC(C)C(=O)NC1CC(CC(=O)O)CN(C2CCC2C)C1. The fourth-order valence-corrected chi connectivity index (χ4v) is 3.57. The number of nitrogens with zero attached hydrogens (tertiary/aromatic N) is 1. The highest BCUT2D eigenvalue weighted by Gasteiger charge is 2.38. The van der Waals surface area contributed by atoms with Crippen molar-refractivity contribution in [3.8, 4) is 0 Å². The van der Waals surface area contributed by atoms with E-state index in [1.165, 1.54) is 12.8 Å². The van der Waals surface area contributed by atoms with Gasteiger partial charge in [0.1, 0.15) is 0 Å². The van der Waals surface area contributed by atoms with Crippen molar-refractivity contribution in [2.24, 2.45) is 17.8 Å². The lowest BCUT2D eigenvalue weighted by Gasteiger charge is -2.48. The molecule has 2 N–H and O–H groups in total. The summed E-state index contributed by atoms with van der Waals surface area (Å²) in [6, 6.07) is 0.658. The molecule has 5 nitrogen and oxygen atoms in total. The van der Waals surface area contributed by atoms with E-state index in [1.54, 1.807) is 0 Å². The van der Waals surface area contributed by atoms with Gasteiger partial charge in [0.05, 0.1) is 0 Å². The Hall–Kier alpha value is -1.10. The van der Waals surface area contributed by atoms with Gasteiger partial charge in [-0.2, -0.15) is 0 Å². The number of hydrogen-bond donors (Lipinski definition) is 2. The molecule has 21 heavy (non-hydrogen) atoms. The van der Waals surface area contributed by atoms with Gasteiger partial charge in [-0.25, -0.2) is 0 Å². The molecule has 5 heteroatoms. The van der Waals surface area contributed by atoms with Gasteiger partial charge in [0, 0.05) is 37.5 Å². The van der Waals surface area contributed by atoms with Gasteiger partial charge in [-0.1, -0.05) is 20.8 Å². The van der Waals surface area contributed by atoms with Crippen molar-refractivity contribution in [3.63, 3.8) is 0 Å². The topological polar surface area (TPSA) is 69.6 Å². The van der Waals surface area contributed by atoms with Crippen LogP contribution in [0.2, 0.25) is 0 Å². The number of amides is 1. The Balaban J connectivity index is 1.99. The number of rotatable bonds is 5. The van der Waals surface area contributed by atoms with Crippen LogP contribution in [0.1, 0.15) is 46.5 Å². The second-order valence-corrected chi connectivity index (χ2v) is 7.14. The van der Waals surface area contributed by atoms with Crippen LogP contribution in [0.3, 0.4) is 0 Å². The standard InChI is InChI=1S/C16H28N2O3/c1-10(2)16(21)17-13-6-12(7-15(19)20)8-18(9-13)14-5-4-11(14)3/h10-14H,4-9H2,1-3H3,(H,17,21)(H,19,20). The van der Waals surface area contributed by atoms with Gasteiger partial charge < -0.3 is 10.4 Å². The van der Waals surface area contributed by atoms with Gasteiger partial charge in [-0.15, -0.1) is 0 Å². The maximum absolute atomic E-state index is 11.9. The Morgan fingerprint density at radius 1 is 1.29 bits per heavy atom. The molecule has 2 fully saturated rings. The predicted octanol–water partition coefficient (Wildman–Crippen LogP) is 1.72. The van der Waals surface area contributed by atoms with Gasteiger partial charge in [-0.05, 0) is 31.1 Å². The number of carbonyl (C=O) groups is 2. The summed E-state index contributed by atoms with van der Waals surface area (Å²) >= 11 is 0. The molecule has 0 radical (unpaired) electrons. The zero-order valence-corrected chi connectivity index (χ0v) is 13.3. The molecule has 1 saturated heterocycles. The highest BCUT2D eigenvalue weighted by Crippen LogP contribution is 2.34. The second kappa shape index (κ2) is 6.77. The van der Waals surface area contributed by atoms with Gasteiger partial charge in [0.15, 0.2) is 0 Å². The highest BCUT2D eigenvalue weighted by molar-refractivity contribution is 5.78. The molecular weight excluding hydrogens is 268 g/mol. The Morgan fingerprint density at radius 3 is 2.48 bits per heavy atom. The number of likely N-dealkylation sites (tertiary alicyclic amines) is 1. The summed E-state index contributed by atoms with van der Waals surface area (Å²) in [4.78, 5) is 25.4. The number of aliphatic carboxylic acids is 1. The van der Waals surface area contributed by atoms with E-state index in [2.05, 4.69) is 17.1 Å². The average Bonchev–Trinajstić information content (AvgIpc) is 2.35. The Labute approximate surface area is 127 Å². The zero-order valence-electron chi connectivity index (χ0n) is 13.3. The van der Waals surface area contributed by atoms with Gasteiger partial charge in [-0.3, -0.25) is 14.5 Å². The number of carbonyl (C=O) groups excluding carboxylic acids is 1. The van der Waals surface area contributed by atoms with Crippen molar-refractivity contribution in [2.45, 2.75) is 58.5 Å². The molecule has 2 rings (SSSR count). The summed E-state index contributed by atoms with van der Waals surface area (Å²) in [5, 5.41) is 12.2. The molecule has 1 aliphatic carbocycles. The van der Waals surface area contributed by atoms with E-state index in [4.69, 9.17) is 5.11 Å². The monoisotopic (exact) mass is 296 g/mol. The van der Waals surface area contributed by atoms with Crippen molar-refractivity contribution in [1.29, 1.82) is 0 Å². The molecule has 0 aromatic carbocycles. The van der Waals surface area contributed by atoms with Crippen molar-refractivity contribution in [1.82, 2.24) is 10.2 Å². The molecule has 4 atom stereocenters. The van der Waals surface area contributed by atoms with Crippen LogP contribution < -0.4 is 5.32 Å². The Morgan fingerprint density at radius 2 is 2.00 bits per heavy atom. The van der Waals surface area contributed by atoms with E-state index in [-0.39, 0.29) is 30.2 Å². The minimum Gasteiger partial charge on any atom is -0.481 e. The first-order chi connectivity index (χ1) is 9.86. The predicted molar refractivity (Wildman–Crippen MR) is 80.9 cm³/mol. The third kappa shape index (κ3) is 4.19. The van der Waals surface area contributed by atoms with Crippen molar-refractivity contribution >= 4 is 11.9 Å². The lowest BCUT2D eigenvalue weighted by molar-refractivity contribution is -0.138. The molecule has 0 spiro atoms. The summed E-state index contributed by atoms with van der Waals surface area (Å²) in [5.74, 6) is 0.132. The first-order valence-corrected chi connectivity index (χ1v) is 8.13. The molecular formula is C16H28N2O3. The Kier molecular flexibility index (Phi) is 5.25. The average molecular weight is 296 g/mol.